The number of anilines is 1. The van der Waals surface area contributed by atoms with Crippen LogP contribution in [-0.4, -0.2) is 4.98 Å². The number of fused-ring (bicyclic) bond motifs is 1. The highest BCUT2D eigenvalue weighted by molar-refractivity contribution is 5.60. The fraction of sp³-hybridized carbons (Fsp3) is 0. The van der Waals surface area contributed by atoms with Gasteiger partial charge in [0.15, 0.2) is 5.76 Å². The van der Waals surface area contributed by atoms with Gasteiger partial charge in [0.2, 0.25) is 0 Å². The summed E-state index contributed by atoms with van der Waals surface area (Å²) in [5, 5.41) is 0. The monoisotopic (exact) mass is 134 g/mol. The van der Waals surface area contributed by atoms with Crippen LogP contribution < -0.4 is 5.73 Å². The summed E-state index contributed by atoms with van der Waals surface area (Å²) in [5.41, 5.74) is 6.22. The van der Waals surface area contributed by atoms with Crippen molar-refractivity contribution in [2.24, 2.45) is 0 Å². The van der Waals surface area contributed by atoms with Crippen molar-refractivity contribution in [2.45, 2.75) is 0 Å². The lowest BCUT2D eigenvalue weighted by molar-refractivity contribution is 0.566. The van der Waals surface area contributed by atoms with Gasteiger partial charge in [0.25, 0.3) is 0 Å². The van der Waals surface area contributed by atoms with Gasteiger partial charge in [-0.15, -0.1) is 0 Å². The molecule has 2 N–H and O–H groups in total. The van der Waals surface area contributed by atoms with Crippen molar-refractivity contribution in [2.75, 3.05) is 5.73 Å². The second-order valence-corrected chi connectivity index (χ2v) is 2.04. The standard InChI is InChI=1S/C7H6N2O/c8-7-4-6-5(9-7)2-1-3-10-6/h1-4H,(H2,8,9). The minimum absolute atomic E-state index is 0.505. The molecule has 2 rings (SSSR count). The SMILES string of the molecule is Nc1cc2occcc-2n1. The van der Waals surface area contributed by atoms with E-state index in [1.165, 1.54) is 0 Å². The van der Waals surface area contributed by atoms with E-state index < -0.39 is 0 Å². The largest absolute Gasteiger partial charge is 0.463 e. The zero-order valence-corrected chi connectivity index (χ0v) is 5.24. The fourth-order valence-corrected chi connectivity index (χ4v) is 0.892. The van der Waals surface area contributed by atoms with Crippen molar-refractivity contribution in [3.05, 3.63) is 24.5 Å². The first-order chi connectivity index (χ1) is 4.86. The lowest BCUT2D eigenvalue weighted by Gasteiger charge is -1.90. The van der Waals surface area contributed by atoms with Gasteiger partial charge in [0.05, 0.1) is 6.26 Å². The number of hydrogen-bond acceptors (Lipinski definition) is 3. The van der Waals surface area contributed by atoms with E-state index >= 15 is 0 Å². The molecule has 3 nitrogen and oxygen atoms in total. The van der Waals surface area contributed by atoms with Crippen LogP contribution in [-0.2, 0) is 0 Å². The summed E-state index contributed by atoms with van der Waals surface area (Å²) in [6.07, 6.45) is 1.60. The van der Waals surface area contributed by atoms with Crippen LogP contribution in [0.2, 0.25) is 0 Å². The van der Waals surface area contributed by atoms with Crippen molar-refractivity contribution in [3.8, 4) is 11.5 Å². The quantitative estimate of drug-likeness (QED) is 0.591. The molecule has 0 aromatic carbocycles. The molecule has 3 heteroatoms. The first-order valence-electron chi connectivity index (χ1n) is 2.96. The summed E-state index contributed by atoms with van der Waals surface area (Å²) in [5.74, 6) is 1.24. The maximum Gasteiger partial charge on any atom is 0.155 e. The van der Waals surface area contributed by atoms with Crippen molar-refractivity contribution in [1.82, 2.24) is 4.98 Å². The van der Waals surface area contributed by atoms with Gasteiger partial charge in [0.1, 0.15) is 11.5 Å². The Morgan fingerprint density at radius 2 is 2.40 bits per heavy atom. The highest BCUT2D eigenvalue weighted by Crippen LogP contribution is 2.22. The van der Waals surface area contributed by atoms with E-state index in [-0.39, 0.29) is 0 Å². The number of nitrogens with two attached hydrogens (primary N) is 1. The van der Waals surface area contributed by atoms with Crippen LogP contribution in [0.5, 0.6) is 0 Å². The molecule has 10 heavy (non-hydrogen) atoms. The lowest BCUT2D eigenvalue weighted by Crippen LogP contribution is -1.80. The van der Waals surface area contributed by atoms with Gasteiger partial charge < -0.3 is 10.2 Å². The second-order valence-electron chi connectivity index (χ2n) is 2.04. The third kappa shape index (κ3) is 0.639. The Morgan fingerprint density at radius 3 is 3.20 bits per heavy atom. The highest BCUT2D eigenvalue weighted by Gasteiger charge is 2.05. The van der Waals surface area contributed by atoms with Crippen LogP contribution in [0.3, 0.4) is 0 Å². The van der Waals surface area contributed by atoms with Crippen LogP contribution in [0, 0.1) is 0 Å². The predicted molar refractivity (Wildman–Crippen MR) is 37.5 cm³/mol. The number of aromatic nitrogens is 1. The summed E-state index contributed by atoms with van der Waals surface area (Å²) in [4.78, 5) is 4.00. The Kier molecular flexibility index (Phi) is 0.917. The number of rotatable bonds is 0. The van der Waals surface area contributed by atoms with Crippen molar-refractivity contribution >= 4 is 5.82 Å². The average molecular weight is 134 g/mol. The molecule has 0 aliphatic carbocycles. The Balaban J connectivity index is 2.76. The zero-order valence-electron chi connectivity index (χ0n) is 5.24. The maximum absolute atomic E-state index is 5.42. The van der Waals surface area contributed by atoms with Gasteiger partial charge in [-0.2, -0.15) is 0 Å². The Bertz CT molecular complexity index is 285. The van der Waals surface area contributed by atoms with Crippen LogP contribution in [0.4, 0.5) is 5.82 Å². The lowest BCUT2D eigenvalue weighted by atomic mass is 10.3. The third-order valence-electron chi connectivity index (χ3n) is 1.31. The van der Waals surface area contributed by atoms with E-state index in [9.17, 15) is 0 Å². The van der Waals surface area contributed by atoms with Gasteiger partial charge in [-0.1, -0.05) is 0 Å². The predicted octanol–water partition coefficient (Wildman–Crippen LogP) is 1.36. The van der Waals surface area contributed by atoms with Crippen molar-refractivity contribution in [1.29, 1.82) is 0 Å². The molecule has 0 unspecified atom stereocenters. The van der Waals surface area contributed by atoms with Gasteiger partial charge in [0, 0.05) is 6.07 Å². The Morgan fingerprint density at radius 1 is 1.50 bits per heavy atom. The summed E-state index contributed by atoms with van der Waals surface area (Å²) in [7, 11) is 0. The molecule has 0 atom stereocenters. The normalized spacial score (nSPS) is 10.4. The first kappa shape index (κ1) is 5.29. The summed E-state index contributed by atoms with van der Waals surface area (Å²) in [6.45, 7) is 0. The third-order valence-corrected chi connectivity index (χ3v) is 1.31. The van der Waals surface area contributed by atoms with Gasteiger partial charge in [-0.25, -0.2) is 4.98 Å². The van der Waals surface area contributed by atoms with Gasteiger partial charge in [-0.3, -0.25) is 0 Å². The van der Waals surface area contributed by atoms with Gasteiger partial charge >= 0.3 is 0 Å². The summed E-state index contributed by atoms with van der Waals surface area (Å²) < 4.78 is 5.09. The van der Waals surface area contributed by atoms with Crippen LogP contribution in [0.15, 0.2) is 28.9 Å². The average Bonchev–Trinajstić information content (AvgIpc) is 2.27. The van der Waals surface area contributed by atoms with E-state index in [2.05, 4.69) is 4.98 Å². The molecule has 2 heterocycles. The minimum atomic E-state index is 0.505. The molecule has 0 radical (unpaired) electrons. The molecule has 0 fully saturated rings. The Labute approximate surface area is 57.8 Å². The Hall–Kier alpha value is -1.51. The smallest absolute Gasteiger partial charge is 0.155 e. The van der Waals surface area contributed by atoms with Crippen LogP contribution >= 0.6 is 0 Å². The first-order valence-corrected chi connectivity index (χ1v) is 2.96. The molecule has 0 amide bonds. The molecule has 2 aliphatic heterocycles. The van der Waals surface area contributed by atoms with E-state index in [0.717, 1.165) is 11.5 Å². The summed E-state index contributed by atoms with van der Waals surface area (Å²) >= 11 is 0. The van der Waals surface area contributed by atoms with Crippen LogP contribution in [0.25, 0.3) is 11.5 Å². The zero-order chi connectivity index (χ0) is 6.97. The molecule has 50 valence electrons. The molecule has 2 aliphatic rings. The van der Waals surface area contributed by atoms with Crippen LogP contribution in [0.1, 0.15) is 0 Å². The summed E-state index contributed by atoms with van der Waals surface area (Å²) in [6, 6.07) is 5.35. The fourth-order valence-electron chi connectivity index (χ4n) is 0.892. The molecule has 0 aromatic heterocycles. The van der Waals surface area contributed by atoms with E-state index in [1.54, 1.807) is 18.4 Å². The van der Waals surface area contributed by atoms with Crippen molar-refractivity contribution < 1.29 is 4.42 Å². The molecule has 0 spiro atoms. The molecule has 0 bridgehead atoms. The van der Waals surface area contributed by atoms with E-state index in [4.69, 9.17) is 10.2 Å². The molecule has 0 aromatic rings. The van der Waals surface area contributed by atoms with Gasteiger partial charge in [-0.05, 0) is 12.1 Å². The van der Waals surface area contributed by atoms with E-state index in [1.807, 2.05) is 6.07 Å². The molecule has 0 saturated heterocycles. The topological polar surface area (TPSA) is 52.0 Å². The van der Waals surface area contributed by atoms with E-state index in [0.29, 0.717) is 5.82 Å². The maximum atomic E-state index is 5.42. The highest BCUT2D eigenvalue weighted by atomic mass is 16.3. The number of nitrogens with zero attached hydrogens (tertiary/aromatic N) is 1. The minimum Gasteiger partial charge on any atom is -0.463 e. The molecule has 0 saturated carbocycles. The second kappa shape index (κ2) is 1.73. The van der Waals surface area contributed by atoms with Crippen molar-refractivity contribution in [3.63, 3.8) is 0 Å². The molecular weight excluding hydrogens is 128 g/mol. The number of nitrogen functional groups attached to an aromatic ring is 1. The number of hydrogen-bond donors (Lipinski definition) is 1. The molecular formula is C7H6N2O.